The van der Waals surface area contributed by atoms with Crippen LogP contribution in [-0.2, 0) is 6.54 Å². The Morgan fingerprint density at radius 3 is 3.00 bits per heavy atom. The minimum Gasteiger partial charge on any atom is -0.398 e. The number of nitrogen functional groups attached to an aromatic ring is 1. The molecular weight excluding hydrogens is 236 g/mol. The van der Waals surface area contributed by atoms with Crippen LogP contribution in [0, 0.1) is 5.92 Å². The van der Waals surface area contributed by atoms with Gasteiger partial charge in [-0.25, -0.2) is 0 Å². The third kappa shape index (κ3) is 3.12. The van der Waals surface area contributed by atoms with Gasteiger partial charge in [-0.3, -0.25) is 4.90 Å². The molecule has 2 rings (SSSR count). The highest BCUT2D eigenvalue weighted by Crippen LogP contribution is 2.23. The average Bonchev–Trinajstić information content (AvgIpc) is 2.29. The number of hydrogen-bond acceptors (Lipinski definition) is 3. The highest BCUT2D eigenvalue weighted by atomic mass is 35.5. The number of nitrogens with zero attached hydrogens (tertiary/aromatic N) is 1. The number of aliphatic hydroxyl groups is 1. The molecule has 1 heterocycles. The zero-order valence-electron chi connectivity index (χ0n) is 10.1. The van der Waals surface area contributed by atoms with Gasteiger partial charge in [0.05, 0.1) is 6.10 Å². The maximum atomic E-state index is 9.85. The third-order valence-corrected chi connectivity index (χ3v) is 3.74. The quantitative estimate of drug-likeness (QED) is 0.795. The van der Waals surface area contributed by atoms with E-state index >= 15 is 0 Å². The molecule has 0 bridgehead atoms. The minimum atomic E-state index is -0.232. The molecule has 1 fully saturated rings. The Kier molecular flexibility index (Phi) is 3.92. The van der Waals surface area contributed by atoms with Crippen LogP contribution in [0.5, 0.6) is 0 Å². The smallest absolute Gasteiger partial charge is 0.0693 e. The summed E-state index contributed by atoms with van der Waals surface area (Å²) in [4.78, 5) is 2.23. The van der Waals surface area contributed by atoms with Crippen LogP contribution in [0.1, 0.15) is 18.9 Å². The van der Waals surface area contributed by atoms with Gasteiger partial charge in [0, 0.05) is 23.8 Å². The maximum Gasteiger partial charge on any atom is 0.0693 e. The number of anilines is 1. The van der Waals surface area contributed by atoms with Crippen LogP contribution in [0.25, 0.3) is 0 Å². The molecule has 1 aliphatic heterocycles. The van der Waals surface area contributed by atoms with Crippen molar-refractivity contribution in [2.75, 3.05) is 18.8 Å². The van der Waals surface area contributed by atoms with Crippen molar-refractivity contribution < 1.29 is 5.11 Å². The Bertz CT molecular complexity index is 397. The van der Waals surface area contributed by atoms with Gasteiger partial charge in [0.2, 0.25) is 0 Å². The number of benzene rings is 1. The van der Waals surface area contributed by atoms with Gasteiger partial charge < -0.3 is 10.8 Å². The lowest BCUT2D eigenvalue weighted by Crippen LogP contribution is -2.42. The van der Waals surface area contributed by atoms with E-state index in [-0.39, 0.29) is 6.10 Å². The predicted octanol–water partition coefficient (Wildman–Crippen LogP) is 2.12. The number of rotatable bonds is 2. The molecule has 0 spiro atoms. The van der Waals surface area contributed by atoms with Crippen LogP contribution in [0.2, 0.25) is 5.02 Å². The molecule has 4 heteroatoms. The van der Waals surface area contributed by atoms with Crippen LogP contribution in [-0.4, -0.2) is 29.2 Å². The lowest BCUT2D eigenvalue weighted by molar-refractivity contribution is 0.0260. The first-order valence-corrected chi connectivity index (χ1v) is 6.38. The maximum absolute atomic E-state index is 9.85. The van der Waals surface area contributed by atoms with Gasteiger partial charge in [-0.15, -0.1) is 0 Å². The standard InChI is InChI=1S/C13H19ClN2O/c1-9-4-5-16(8-13(9)17)7-10-6-11(14)2-3-12(10)15/h2-3,6,9,13,17H,4-5,7-8,15H2,1H3. The highest BCUT2D eigenvalue weighted by Gasteiger charge is 2.24. The van der Waals surface area contributed by atoms with Crippen molar-refractivity contribution in [1.29, 1.82) is 0 Å². The minimum absolute atomic E-state index is 0.232. The summed E-state index contributed by atoms with van der Waals surface area (Å²) in [6.45, 7) is 4.57. The topological polar surface area (TPSA) is 49.5 Å². The molecule has 1 aromatic carbocycles. The number of hydrogen-bond donors (Lipinski definition) is 2. The van der Waals surface area contributed by atoms with Crippen molar-refractivity contribution in [1.82, 2.24) is 4.90 Å². The second-order valence-electron chi connectivity index (χ2n) is 4.91. The first-order valence-electron chi connectivity index (χ1n) is 6.00. The van der Waals surface area contributed by atoms with Crippen molar-refractivity contribution in [2.45, 2.75) is 26.0 Å². The molecular formula is C13H19ClN2O. The number of likely N-dealkylation sites (tertiary alicyclic amines) is 1. The molecule has 0 aromatic heterocycles. The normalized spacial score (nSPS) is 26.1. The summed E-state index contributed by atoms with van der Waals surface area (Å²) >= 11 is 5.96. The fraction of sp³-hybridized carbons (Fsp3) is 0.538. The third-order valence-electron chi connectivity index (χ3n) is 3.50. The molecule has 3 nitrogen and oxygen atoms in total. The summed E-state index contributed by atoms with van der Waals surface area (Å²) < 4.78 is 0. The van der Waals surface area contributed by atoms with Crippen molar-refractivity contribution in [3.8, 4) is 0 Å². The van der Waals surface area contributed by atoms with Crippen molar-refractivity contribution in [3.05, 3.63) is 28.8 Å². The number of piperidine rings is 1. The van der Waals surface area contributed by atoms with Crippen LogP contribution in [0.4, 0.5) is 5.69 Å². The predicted molar refractivity (Wildman–Crippen MR) is 70.9 cm³/mol. The van der Waals surface area contributed by atoms with Crippen LogP contribution in [0.3, 0.4) is 0 Å². The van der Waals surface area contributed by atoms with Crippen molar-refractivity contribution in [3.63, 3.8) is 0 Å². The zero-order chi connectivity index (χ0) is 12.4. The molecule has 1 saturated heterocycles. The highest BCUT2D eigenvalue weighted by molar-refractivity contribution is 6.30. The van der Waals surface area contributed by atoms with E-state index in [1.54, 1.807) is 6.07 Å². The Morgan fingerprint density at radius 1 is 1.53 bits per heavy atom. The van der Waals surface area contributed by atoms with Gasteiger partial charge in [0.1, 0.15) is 0 Å². The monoisotopic (exact) mass is 254 g/mol. The average molecular weight is 255 g/mol. The second-order valence-corrected chi connectivity index (χ2v) is 5.35. The van der Waals surface area contributed by atoms with Gasteiger partial charge in [-0.1, -0.05) is 18.5 Å². The van der Waals surface area contributed by atoms with E-state index in [0.29, 0.717) is 17.5 Å². The fourth-order valence-corrected chi connectivity index (χ4v) is 2.40. The molecule has 0 amide bonds. The Balaban J connectivity index is 2.03. The number of halogens is 1. The molecule has 0 saturated carbocycles. The fourth-order valence-electron chi connectivity index (χ4n) is 2.21. The molecule has 3 N–H and O–H groups in total. The van der Waals surface area contributed by atoms with Gasteiger partial charge >= 0.3 is 0 Å². The second kappa shape index (κ2) is 5.25. The molecule has 17 heavy (non-hydrogen) atoms. The Labute approximate surface area is 107 Å². The van der Waals surface area contributed by atoms with E-state index in [0.717, 1.165) is 30.8 Å². The van der Waals surface area contributed by atoms with Gasteiger partial charge in [0.25, 0.3) is 0 Å². The number of β-amino-alcohol motifs (C(OH)–C–C–N with tert-alkyl or cyclic N) is 1. The SMILES string of the molecule is CC1CCN(Cc2cc(Cl)ccc2N)CC1O. The Hall–Kier alpha value is -0.770. The summed E-state index contributed by atoms with van der Waals surface area (Å²) in [5, 5.41) is 10.6. The van der Waals surface area contributed by atoms with Gasteiger partial charge in [0.15, 0.2) is 0 Å². The summed E-state index contributed by atoms with van der Waals surface area (Å²) in [5.41, 5.74) is 7.73. The van der Waals surface area contributed by atoms with E-state index in [4.69, 9.17) is 17.3 Å². The summed E-state index contributed by atoms with van der Waals surface area (Å²) in [6, 6.07) is 5.54. The van der Waals surface area contributed by atoms with E-state index < -0.39 is 0 Å². The zero-order valence-corrected chi connectivity index (χ0v) is 10.8. The first kappa shape index (κ1) is 12.7. The van der Waals surface area contributed by atoms with Crippen LogP contribution < -0.4 is 5.73 Å². The lowest BCUT2D eigenvalue weighted by Gasteiger charge is -2.34. The Morgan fingerprint density at radius 2 is 2.29 bits per heavy atom. The lowest BCUT2D eigenvalue weighted by atomic mass is 9.95. The molecule has 0 radical (unpaired) electrons. The van der Waals surface area contributed by atoms with Crippen molar-refractivity contribution in [2.24, 2.45) is 5.92 Å². The van der Waals surface area contributed by atoms with E-state index in [1.165, 1.54) is 0 Å². The molecule has 1 aromatic rings. The van der Waals surface area contributed by atoms with E-state index in [1.807, 2.05) is 12.1 Å². The van der Waals surface area contributed by atoms with Crippen molar-refractivity contribution >= 4 is 17.3 Å². The first-order chi connectivity index (χ1) is 8.06. The number of nitrogens with two attached hydrogens (primary N) is 1. The van der Waals surface area contributed by atoms with E-state index in [2.05, 4.69) is 11.8 Å². The van der Waals surface area contributed by atoms with Crippen LogP contribution in [0.15, 0.2) is 18.2 Å². The van der Waals surface area contributed by atoms with Gasteiger partial charge in [-0.05, 0) is 42.6 Å². The van der Waals surface area contributed by atoms with E-state index in [9.17, 15) is 5.11 Å². The molecule has 1 aliphatic rings. The summed E-state index contributed by atoms with van der Waals surface area (Å²) in [7, 11) is 0. The summed E-state index contributed by atoms with van der Waals surface area (Å²) in [5.74, 6) is 0.392. The van der Waals surface area contributed by atoms with Crippen LogP contribution >= 0.6 is 11.6 Å². The van der Waals surface area contributed by atoms with Gasteiger partial charge in [-0.2, -0.15) is 0 Å². The molecule has 2 atom stereocenters. The summed E-state index contributed by atoms with van der Waals surface area (Å²) in [6.07, 6.45) is 0.797. The largest absolute Gasteiger partial charge is 0.398 e. The number of aliphatic hydroxyl groups excluding tert-OH is 1. The molecule has 2 unspecified atom stereocenters. The molecule has 0 aliphatic carbocycles. The molecule has 94 valence electrons.